The van der Waals surface area contributed by atoms with Crippen LogP contribution in [-0.2, 0) is 7.05 Å². The second-order valence-corrected chi connectivity index (χ2v) is 7.91. The predicted molar refractivity (Wildman–Crippen MR) is 126 cm³/mol. The molecular formula is C25H31N3O4. The first kappa shape index (κ1) is 23.5. The number of fused-ring (bicyclic) bond motifs is 3. The van der Waals surface area contributed by atoms with Crippen molar-refractivity contribution in [1.29, 1.82) is 0 Å². The van der Waals surface area contributed by atoms with Gasteiger partial charge in [-0.25, -0.2) is 4.98 Å². The number of likely N-dealkylation sites (N-methyl/N-ethyl adjacent to an activating group) is 1. The van der Waals surface area contributed by atoms with Crippen LogP contribution in [0.3, 0.4) is 0 Å². The largest absolute Gasteiger partial charge is 0.492 e. The number of hydrogen-bond acceptors (Lipinski definition) is 6. The minimum atomic E-state index is -0.488. The lowest BCUT2D eigenvalue weighted by Gasteiger charge is -2.27. The number of carbonyl (C=O) groups excluding carboxylic acids is 1. The highest BCUT2D eigenvalue weighted by atomic mass is 16.5. The van der Waals surface area contributed by atoms with E-state index < -0.39 is 6.10 Å². The van der Waals surface area contributed by atoms with Gasteiger partial charge in [0.1, 0.15) is 35.4 Å². The van der Waals surface area contributed by atoms with E-state index in [2.05, 4.69) is 4.98 Å². The quantitative estimate of drug-likeness (QED) is 0.602. The van der Waals surface area contributed by atoms with Crippen molar-refractivity contribution in [1.82, 2.24) is 14.5 Å². The molecule has 7 heteroatoms. The summed E-state index contributed by atoms with van der Waals surface area (Å²) in [6.45, 7) is 7.29. The Bertz CT molecular complexity index is 1180. The molecule has 7 nitrogen and oxygen atoms in total. The molecule has 3 aromatic rings. The molecule has 0 amide bonds. The molecule has 0 spiro atoms. The molecule has 1 aliphatic rings. The van der Waals surface area contributed by atoms with Crippen LogP contribution in [0.5, 0.6) is 11.5 Å². The van der Waals surface area contributed by atoms with E-state index in [1.807, 2.05) is 70.1 Å². The second-order valence-electron chi connectivity index (χ2n) is 7.91. The summed E-state index contributed by atoms with van der Waals surface area (Å²) in [6.07, 6.45) is 1.32. The van der Waals surface area contributed by atoms with Gasteiger partial charge in [-0.2, -0.15) is 0 Å². The maximum atomic E-state index is 13.0. The third kappa shape index (κ3) is 4.67. The van der Waals surface area contributed by atoms with Gasteiger partial charge in [0.15, 0.2) is 5.78 Å². The number of carbonyl (C=O) groups is 1. The molecule has 1 aromatic carbocycles. The van der Waals surface area contributed by atoms with Gasteiger partial charge in [0, 0.05) is 19.8 Å². The number of benzene rings is 1. The summed E-state index contributed by atoms with van der Waals surface area (Å²) < 4.78 is 13.5. The summed E-state index contributed by atoms with van der Waals surface area (Å²) in [5.41, 5.74) is 1.99. The minimum absolute atomic E-state index is 0.104. The SMILES string of the molecule is CC.Cc1cnc2c(c1)c1c(c(=O)n2C)C(=O)CC(c2cccc(OCCN(C)C)c2)O1. The van der Waals surface area contributed by atoms with E-state index in [-0.39, 0.29) is 23.3 Å². The lowest BCUT2D eigenvalue weighted by Crippen LogP contribution is -2.31. The normalized spacial score (nSPS) is 15.1. The van der Waals surface area contributed by atoms with Crippen LogP contribution < -0.4 is 15.0 Å². The van der Waals surface area contributed by atoms with Crippen LogP contribution >= 0.6 is 0 Å². The summed E-state index contributed by atoms with van der Waals surface area (Å²) in [6, 6.07) is 9.48. The maximum absolute atomic E-state index is 13.0. The van der Waals surface area contributed by atoms with Gasteiger partial charge in [-0.1, -0.05) is 26.0 Å². The Balaban J connectivity index is 0.00000141. The lowest BCUT2D eigenvalue weighted by molar-refractivity contribution is 0.0849. The van der Waals surface area contributed by atoms with E-state index in [4.69, 9.17) is 9.47 Å². The van der Waals surface area contributed by atoms with Crippen molar-refractivity contribution in [3.05, 3.63) is 63.6 Å². The molecule has 0 N–H and O–H groups in total. The van der Waals surface area contributed by atoms with Crippen LogP contribution in [-0.4, -0.2) is 47.5 Å². The van der Waals surface area contributed by atoms with Gasteiger partial charge in [0.2, 0.25) is 0 Å². The van der Waals surface area contributed by atoms with Crippen molar-refractivity contribution in [2.24, 2.45) is 7.05 Å². The van der Waals surface area contributed by atoms with E-state index in [1.54, 1.807) is 13.2 Å². The third-order valence-corrected chi connectivity index (χ3v) is 5.26. The zero-order chi connectivity index (χ0) is 23.4. The molecule has 0 saturated carbocycles. The number of hydrogen-bond donors (Lipinski definition) is 0. The second kappa shape index (κ2) is 9.96. The van der Waals surface area contributed by atoms with Gasteiger partial charge >= 0.3 is 0 Å². The highest BCUT2D eigenvalue weighted by Gasteiger charge is 2.33. The standard InChI is InChI=1S/C23H25N3O4.C2H6/c1-14-10-17-21-20(23(28)26(4)22(17)24-13-14)18(27)12-19(30-21)15-6-5-7-16(11-15)29-9-8-25(2)3;1-2/h5-7,10-11,13,19H,8-9,12H2,1-4H3;1-2H3. The minimum Gasteiger partial charge on any atom is -0.492 e. The molecule has 3 heterocycles. The fraction of sp³-hybridized carbons (Fsp3) is 0.400. The van der Waals surface area contributed by atoms with Gasteiger partial charge in [-0.3, -0.25) is 14.2 Å². The van der Waals surface area contributed by atoms with Crippen LogP contribution in [0.25, 0.3) is 11.0 Å². The van der Waals surface area contributed by atoms with E-state index in [0.29, 0.717) is 23.4 Å². The average molecular weight is 438 g/mol. The molecule has 0 aliphatic carbocycles. The highest BCUT2D eigenvalue weighted by Crippen LogP contribution is 2.38. The molecule has 32 heavy (non-hydrogen) atoms. The van der Waals surface area contributed by atoms with Gasteiger partial charge in [-0.15, -0.1) is 0 Å². The summed E-state index contributed by atoms with van der Waals surface area (Å²) in [7, 11) is 5.61. The fourth-order valence-electron chi connectivity index (χ4n) is 3.65. The zero-order valence-electron chi connectivity index (χ0n) is 19.6. The Morgan fingerprint density at radius 1 is 1.22 bits per heavy atom. The predicted octanol–water partition coefficient (Wildman–Crippen LogP) is 3.92. The first-order chi connectivity index (χ1) is 15.3. The Kier molecular flexibility index (Phi) is 7.30. The number of ether oxygens (including phenoxy) is 2. The van der Waals surface area contributed by atoms with E-state index in [0.717, 1.165) is 23.4 Å². The molecule has 1 atom stereocenters. The number of pyridine rings is 2. The summed E-state index contributed by atoms with van der Waals surface area (Å²) in [4.78, 5) is 32.2. The summed E-state index contributed by atoms with van der Waals surface area (Å²) in [5, 5.41) is 0.670. The molecule has 0 fully saturated rings. The van der Waals surface area contributed by atoms with Crippen LogP contribution in [0.4, 0.5) is 0 Å². The Labute approximate surface area is 188 Å². The molecule has 1 aliphatic heterocycles. The molecule has 0 bridgehead atoms. The lowest BCUT2D eigenvalue weighted by atomic mass is 9.95. The van der Waals surface area contributed by atoms with Crippen molar-refractivity contribution in [3.8, 4) is 11.5 Å². The van der Waals surface area contributed by atoms with Gasteiger partial charge in [-0.05, 0) is 50.3 Å². The highest BCUT2D eigenvalue weighted by molar-refractivity contribution is 6.04. The van der Waals surface area contributed by atoms with Gasteiger partial charge < -0.3 is 14.4 Å². The monoisotopic (exact) mass is 437 g/mol. The fourth-order valence-corrected chi connectivity index (χ4v) is 3.65. The van der Waals surface area contributed by atoms with Crippen molar-refractivity contribution < 1.29 is 14.3 Å². The first-order valence-corrected chi connectivity index (χ1v) is 10.9. The Hall–Kier alpha value is -3.19. The van der Waals surface area contributed by atoms with Crippen LogP contribution in [0.15, 0.2) is 41.3 Å². The van der Waals surface area contributed by atoms with Crippen LogP contribution in [0, 0.1) is 6.92 Å². The molecule has 0 saturated heterocycles. The van der Waals surface area contributed by atoms with Crippen molar-refractivity contribution >= 4 is 16.8 Å². The molecular weight excluding hydrogens is 406 g/mol. The van der Waals surface area contributed by atoms with Crippen LogP contribution in [0.1, 0.15) is 47.9 Å². The number of aromatic nitrogens is 2. The molecule has 1 unspecified atom stereocenters. The number of aryl methyl sites for hydroxylation is 2. The van der Waals surface area contributed by atoms with Gasteiger partial charge in [0.25, 0.3) is 5.56 Å². The van der Waals surface area contributed by atoms with Gasteiger partial charge in [0.05, 0.1) is 11.8 Å². The Morgan fingerprint density at radius 3 is 2.69 bits per heavy atom. The van der Waals surface area contributed by atoms with Crippen molar-refractivity contribution in [2.45, 2.75) is 33.3 Å². The summed E-state index contributed by atoms with van der Waals surface area (Å²) >= 11 is 0. The zero-order valence-corrected chi connectivity index (χ0v) is 19.6. The number of rotatable bonds is 5. The van der Waals surface area contributed by atoms with E-state index in [9.17, 15) is 9.59 Å². The van der Waals surface area contributed by atoms with E-state index in [1.165, 1.54) is 4.57 Å². The number of Topliss-reactive ketones (excluding diaryl/α,β-unsaturated/α-hetero) is 1. The topological polar surface area (TPSA) is 73.7 Å². The van der Waals surface area contributed by atoms with E-state index >= 15 is 0 Å². The molecule has 2 aromatic heterocycles. The molecule has 4 rings (SSSR count). The number of nitrogens with zero attached hydrogens (tertiary/aromatic N) is 3. The maximum Gasteiger partial charge on any atom is 0.266 e. The third-order valence-electron chi connectivity index (χ3n) is 5.26. The van der Waals surface area contributed by atoms with Crippen molar-refractivity contribution in [3.63, 3.8) is 0 Å². The Morgan fingerprint density at radius 2 is 1.97 bits per heavy atom. The molecule has 170 valence electrons. The molecule has 0 radical (unpaired) electrons. The van der Waals surface area contributed by atoms with Crippen molar-refractivity contribution in [2.75, 3.05) is 27.2 Å². The average Bonchev–Trinajstić information content (AvgIpc) is 2.78. The number of ketones is 1. The smallest absolute Gasteiger partial charge is 0.266 e. The first-order valence-electron chi connectivity index (χ1n) is 10.9. The van der Waals surface area contributed by atoms with Crippen LogP contribution in [0.2, 0.25) is 0 Å². The summed E-state index contributed by atoms with van der Waals surface area (Å²) in [5.74, 6) is 0.830.